The first-order chi connectivity index (χ1) is 11.5. The van der Waals surface area contributed by atoms with E-state index in [9.17, 15) is 10.1 Å². The molecule has 0 spiro atoms. The van der Waals surface area contributed by atoms with Crippen LogP contribution in [-0.4, -0.2) is 15.1 Å². The van der Waals surface area contributed by atoms with Crippen molar-refractivity contribution in [2.24, 2.45) is 0 Å². The number of nitrogens with zero attached hydrogens (tertiary/aromatic N) is 3. The van der Waals surface area contributed by atoms with Crippen molar-refractivity contribution in [3.05, 3.63) is 68.5 Å². The normalized spacial score (nSPS) is 10.6. The molecular formula is C15H9Cl2N3O4. The number of benzene rings is 2. The molecule has 0 aliphatic rings. The Balaban J connectivity index is 1.69. The molecule has 122 valence electrons. The maximum atomic E-state index is 10.7. The standard InChI is InChI=1S/C15H9Cl2N3O4/c16-10-3-1-9(2-4-10)15-19-18-14(24-15)8-23-13-6-5-11(20(21)22)7-12(13)17/h1-7H,8H2. The van der Waals surface area contributed by atoms with Gasteiger partial charge < -0.3 is 9.15 Å². The molecule has 1 heterocycles. The summed E-state index contributed by atoms with van der Waals surface area (Å²) < 4.78 is 10.9. The van der Waals surface area contributed by atoms with Crippen molar-refractivity contribution in [2.75, 3.05) is 0 Å². The molecule has 0 N–H and O–H groups in total. The minimum absolute atomic E-state index is 0.0158. The molecule has 3 rings (SSSR count). The van der Waals surface area contributed by atoms with Crippen molar-refractivity contribution in [1.82, 2.24) is 10.2 Å². The van der Waals surface area contributed by atoms with E-state index in [-0.39, 0.29) is 29.0 Å². The molecule has 0 aliphatic carbocycles. The molecule has 0 fully saturated rings. The molecule has 0 amide bonds. The Labute approximate surface area is 145 Å². The first kappa shape index (κ1) is 16.2. The number of nitro groups is 1. The van der Waals surface area contributed by atoms with Gasteiger partial charge in [0, 0.05) is 22.7 Å². The van der Waals surface area contributed by atoms with Gasteiger partial charge in [-0.3, -0.25) is 10.1 Å². The van der Waals surface area contributed by atoms with Gasteiger partial charge in [-0.2, -0.15) is 0 Å². The SMILES string of the molecule is O=[N+]([O-])c1ccc(OCc2nnc(-c3ccc(Cl)cc3)o2)c(Cl)c1. The second-order valence-corrected chi connectivity index (χ2v) is 5.51. The summed E-state index contributed by atoms with van der Waals surface area (Å²) in [6.07, 6.45) is 0. The summed E-state index contributed by atoms with van der Waals surface area (Å²) in [6.45, 7) is -0.0158. The average Bonchev–Trinajstić information content (AvgIpc) is 3.03. The lowest BCUT2D eigenvalue weighted by atomic mass is 10.2. The summed E-state index contributed by atoms with van der Waals surface area (Å²) in [5, 5.41) is 19.2. The van der Waals surface area contributed by atoms with E-state index in [1.807, 2.05) is 0 Å². The van der Waals surface area contributed by atoms with Crippen molar-refractivity contribution in [3.8, 4) is 17.2 Å². The maximum absolute atomic E-state index is 10.7. The number of rotatable bonds is 5. The fourth-order valence-electron chi connectivity index (χ4n) is 1.88. The lowest BCUT2D eigenvalue weighted by molar-refractivity contribution is -0.384. The Morgan fingerprint density at radius 3 is 2.54 bits per heavy atom. The van der Waals surface area contributed by atoms with Crippen LogP contribution >= 0.6 is 23.2 Å². The molecule has 0 saturated carbocycles. The summed E-state index contributed by atoms with van der Waals surface area (Å²) in [4.78, 5) is 10.1. The lowest BCUT2D eigenvalue weighted by Gasteiger charge is -2.05. The molecule has 0 bridgehead atoms. The van der Waals surface area contributed by atoms with Gasteiger partial charge in [0.25, 0.3) is 11.6 Å². The van der Waals surface area contributed by atoms with Crippen molar-refractivity contribution in [1.29, 1.82) is 0 Å². The third-order valence-electron chi connectivity index (χ3n) is 3.04. The van der Waals surface area contributed by atoms with E-state index in [4.69, 9.17) is 32.4 Å². The number of nitro benzene ring substituents is 1. The van der Waals surface area contributed by atoms with E-state index in [2.05, 4.69) is 10.2 Å². The second kappa shape index (κ2) is 6.86. The van der Waals surface area contributed by atoms with Gasteiger partial charge >= 0.3 is 0 Å². The Kier molecular flexibility index (Phi) is 4.64. The molecule has 2 aromatic carbocycles. The van der Waals surface area contributed by atoms with Crippen molar-refractivity contribution in [2.45, 2.75) is 6.61 Å². The number of hydrogen-bond donors (Lipinski definition) is 0. The third-order valence-corrected chi connectivity index (χ3v) is 3.58. The molecule has 0 atom stereocenters. The molecule has 0 unspecified atom stereocenters. The van der Waals surface area contributed by atoms with Crippen LogP contribution in [0.5, 0.6) is 5.75 Å². The number of hydrogen-bond acceptors (Lipinski definition) is 6. The molecular weight excluding hydrogens is 357 g/mol. The summed E-state index contributed by atoms with van der Waals surface area (Å²) in [7, 11) is 0. The van der Waals surface area contributed by atoms with Gasteiger partial charge in [0.15, 0.2) is 6.61 Å². The van der Waals surface area contributed by atoms with Crippen molar-refractivity contribution < 1.29 is 14.1 Å². The van der Waals surface area contributed by atoms with Gasteiger partial charge in [-0.25, -0.2) is 0 Å². The molecule has 9 heteroatoms. The van der Waals surface area contributed by atoms with E-state index in [0.717, 1.165) is 5.56 Å². The predicted molar refractivity (Wildman–Crippen MR) is 87.2 cm³/mol. The Hall–Kier alpha value is -2.64. The van der Waals surface area contributed by atoms with Crippen LogP contribution in [0.3, 0.4) is 0 Å². The fourth-order valence-corrected chi connectivity index (χ4v) is 2.24. The van der Waals surface area contributed by atoms with Gasteiger partial charge in [-0.1, -0.05) is 23.2 Å². The highest BCUT2D eigenvalue weighted by Crippen LogP contribution is 2.29. The molecule has 0 aliphatic heterocycles. The number of non-ortho nitro benzene ring substituents is 1. The molecule has 0 saturated heterocycles. The van der Waals surface area contributed by atoms with E-state index in [1.54, 1.807) is 24.3 Å². The summed E-state index contributed by atoms with van der Waals surface area (Å²) >= 11 is 11.8. The van der Waals surface area contributed by atoms with Crippen LogP contribution in [0.15, 0.2) is 46.9 Å². The summed E-state index contributed by atoms with van der Waals surface area (Å²) in [5.74, 6) is 0.864. The molecule has 7 nitrogen and oxygen atoms in total. The highest BCUT2D eigenvalue weighted by atomic mass is 35.5. The number of ether oxygens (including phenoxy) is 1. The fraction of sp³-hybridized carbons (Fsp3) is 0.0667. The first-order valence-corrected chi connectivity index (χ1v) is 7.43. The van der Waals surface area contributed by atoms with Gasteiger partial charge in [-0.15, -0.1) is 10.2 Å². The summed E-state index contributed by atoms with van der Waals surface area (Å²) in [5.41, 5.74) is 0.613. The second-order valence-electron chi connectivity index (χ2n) is 4.67. The molecule has 3 aromatic rings. The third kappa shape index (κ3) is 3.64. The van der Waals surface area contributed by atoms with Crippen LogP contribution in [0.2, 0.25) is 10.0 Å². The largest absolute Gasteiger partial charge is 0.482 e. The predicted octanol–water partition coefficient (Wildman–Crippen LogP) is 4.53. The number of aromatic nitrogens is 2. The number of halogens is 2. The van der Waals surface area contributed by atoms with Crippen LogP contribution in [0, 0.1) is 10.1 Å². The van der Waals surface area contributed by atoms with E-state index >= 15 is 0 Å². The molecule has 1 aromatic heterocycles. The smallest absolute Gasteiger partial charge is 0.271 e. The van der Waals surface area contributed by atoms with E-state index in [1.165, 1.54) is 18.2 Å². The minimum atomic E-state index is -0.536. The van der Waals surface area contributed by atoms with Gasteiger partial charge in [-0.05, 0) is 30.3 Å². The highest BCUT2D eigenvalue weighted by Gasteiger charge is 2.13. The summed E-state index contributed by atoms with van der Waals surface area (Å²) in [6, 6.07) is 10.9. The molecule has 0 radical (unpaired) electrons. The topological polar surface area (TPSA) is 91.3 Å². The minimum Gasteiger partial charge on any atom is -0.482 e. The maximum Gasteiger partial charge on any atom is 0.271 e. The zero-order chi connectivity index (χ0) is 17.1. The zero-order valence-electron chi connectivity index (χ0n) is 12.0. The first-order valence-electron chi connectivity index (χ1n) is 6.68. The van der Waals surface area contributed by atoms with Gasteiger partial charge in [0.2, 0.25) is 5.89 Å². The van der Waals surface area contributed by atoms with Crippen LogP contribution < -0.4 is 4.74 Å². The van der Waals surface area contributed by atoms with E-state index < -0.39 is 4.92 Å². The van der Waals surface area contributed by atoms with Crippen molar-refractivity contribution >= 4 is 28.9 Å². The average molecular weight is 366 g/mol. The quantitative estimate of drug-likeness (QED) is 0.487. The van der Waals surface area contributed by atoms with Crippen LogP contribution in [0.4, 0.5) is 5.69 Å². The van der Waals surface area contributed by atoms with Crippen LogP contribution in [-0.2, 0) is 6.61 Å². The lowest BCUT2D eigenvalue weighted by Crippen LogP contribution is -1.97. The Morgan fingerprint density at radius 2 is 1.88 bits per heavy atom. The van der Waals surface area contributed by atoms with Crippen molar-refractivity contribution in [3.63, 3.8) is 0 Å². The van der Waals surface area contributed by atoms with Gasteiger partial charge in [0.1, 0.15) is 5.75 Å². The zero-order valence-corrected chi connectivity index (χ0v) is 13.5. The van der Waals surface area contributed by atoms with Crippen LogP contribution in [0.1, 0.15) is 5.89 Å². The van der Waals surface area contributed by atoms with E-state index in [0.29, 0.717) is 10.9 Å². The molecule has 24 heavy (non-hydrogen) atoms. The highest BCUT2D eigenvalue weighted by molar-refractivity contribution is 6.32. The Morgan fingerprint density at radius 1 is 1.12 bits per heavy atom. The monoisotopic (exact) mass is 365 g/mol. The Bertz CT molecular complexity index is 881. The van der Waals surface area contributed by atoms with Gasteiger partial charge in [0.05, 0.1) is 9.95 Å². The van der Waals surface area contributed by atoms with Crippen LogP contribution in [0.25, 0.3) is 11.5 Å².